The number of pyridine rings is 1. The summed E-state index contributed by atoms with van der Waals surface area (Å²) in [7, 11) is 0. The van der Waals surface area contributed by atoms with Crippen molar-refractivity contribution in [2.75, 3.05) is 19.6 Å². The molecule has 3 heterocycles. The zero-order valence-corrected chi connectivity index (χ0v) is 16.4. The lowest BCUT2D eigenvalue weighted by Gasteiger charge is -2.35. The number of rotatable bonds is 4. The Hall–Kier alpha value is -2.46. The molecular formula is C24H28N4. The summed E-state index contributed by atoms with van der Waals surface area (Å²) in [5.41, 5.74) is 3.27. The molecule has 1 atom stereocenters. The fourth-order valence-electron chi connectivity index (χ4n) is 4.84. The lowest BCUT2D eigenvalue weighted by atomic mass is 9.93. The van der Waals surface area contributed by atoms with Gasteiger partial charge in [0, 0.05) is 31.9 Å². The Morgan fingerprint density at radius 3 is 2.57 bits per heavy atom. The molecule has 2 aliphatic rings. The topological polar surface area (TPSA) is 34.0 Å². The van der Waals surface area contributed by atoms with E-state index in [1.54, 1.807) is 0 Å². The summed E-state index contributed by atoms with van der Waals surface area (Å²) in [5.74, 6) is 1.86. The summed E-state index contributed by atoms with van der Waals surface area (Å²) < 4.78 is 2.46. The van der Waals surface area contributed by atoms with Crippen molar-refractivity contribution in [3.05, 3.63) is 60.8 Å². The van der Waals surface area contributed by atoms with Crippen LogP contribution in [-0.4, -0.2) is 39.1 Å². The first-order valence-corrected chi connectivity index (χ1v) is 10.6. The lowest BCUT2D eigenvalue weighted by molar-refractivity contribution is 0.160. The molecule has 1 unspecified atom stereocenters. The van der Waals surface area contributed by atoms with Gasteiger partial charge in [-0.25, -0.2) is 4.98 Å². The second kappa shape index (κ2) is 7.88. The van der Waals surface area contributed by atoms with E-state index >= 15 is 0 Å². The van der Waals surface area contributed by atoms with Crippen molar-refractivity contribution in [2.45, 2.75) is 38.1 Å². The third kappa shape index (κ3) is 3.49. The van der Waals surface area contributed by atoms with Crippen LogP contribution in [0, 0.1) is 5.92 Å². The van der Waals surface area contributed by atoms with Crippen LogP contribution in [0.2, 0.25) is 0 Å². The first kappa shape index (κ1) is 17.6. The molecule has 0 saturated carbocycles. The highest BCUT2D eigenvalue weighted by molar-refractivity contribution is 5.80. The number of hydrogen-bond acceptors (Lipinski definition) is 3. The number of fused-ring (bicyclic) bond motifs is 1. The maximum atomic E-state index is 4.95. The molecule has 4 heteroatoms. The number of benzene rings is 1. The van der Waals surface area contributed by atoms with Crippen molar-refractivity contribution in [3.63, 3.8) is 0 Å². The summed E-state index contributed by atoms with van der Waals surface area (Å²) in [6.07, 6.45) is 12.8. The lowest BCUT2D eigenvalue weighted by Crippen LogP contribution is -2.38. The predicted molar refractivity (Wildman–Crippen MR) is 114 cm³/mol. The van der Waals surface area contributed by atoms with Gasteiger partial charge in [-0.05, 0) is 62.3 Å². The minimum Gasteiger partial charge on any atom is -0.319 e. The van der Waals surface area contributed by atoms with E-state index in [1.165, 1.54) is 57.3 Å². The minimum atomic E-state index is 0.493. The number of likely N-dealkylation sites (tertiary alicyclic amines) is 1. The van der Waals surface area contributed by atoms with Gasteiger partial charge >= 0.3 is 0 Å². The van der Waals surface area contributed by atoms with Crippen molar-refractivity contribution < 1.29 is 0 Å². The largest absolute Gasteiger partial charge is 0.319 e. The molecule has 4 nitrogen and oxygen atoms in total. The second-order valence-electron chi connectivity index (χ2n) is 8.19. The molecule has 5 rings (SSSR count). The van der Waals surface area contributed by atoms with Crippen LogP contribution in [0.3, 0.4) is 0 Å². The van der Waals surface area contributed by atoms with E-state index in [0.717, 1.165) is 23.0 Å². The summed E-state index contributed by atoms with van der Waals surface area (Å²) >= 11 is 0. The molecule has 1 saturated heterocycles. The van der Waals surface area contributed by atoms with Gasteiger partial charge in [0.2, 0.25) is 0 Å². The maximum Gasteiger partial charge on any atom is 0.160 e. The number of imidazole rings is 1. The number of aromatic nitrogens is 3. The first-order valence-electron chi connectivity index (χ1n) is 10.6. The number of nitrogens with zero attached hydrogens (tertiary/aromatic N) is 4. The third-order valence-electron chi connectivity index (χ3n) is 6.31. The zero-order chi connectivity index (χ0) is 18.8. The number of hydrogen-bond donors (Lipinski definition) is 0. The molecule has 28 heavy (non-hydrogen) atoms. The van der Waals surface area contributed by atoms with Gasteiger partial charge in [-0.1, -0.05) is 30.4 Å². The summed E-state index contributed by atoms with van der Waals surface area (Å²) in [6, 6.07) is 15.1. The summed E-state index contributed by atoms with van der Waals surface area (Å²) in [5, 5.41) is 0. The molecule has 0 radical (unpaired) electrons. The molecule has 1 aliphatic heterocycles. The first-order chi connectivity index (χ1) is 13.9. The second-order valence-corrected chi connectivity index (χ2v) is 8.19. The fourth-order valence-corrected chi connectivity index (χ4v) is 4.84. The molecule has 2 aromatic heterocycles. The van der Waals surface area contributed by atoms with Crippen molar-refractivity contribution in [3.8, 4) is 11.5 Å². The van der Waals surface area contributed by atoms with Gasteiger partial charge in [-0.15, -0.1) is 0 Å². The molecule has 144 valence electrons. The van der Waals surface area contributed by atoms with Gasteiger partial charge in [0.1, 0.15) is 5.69 Å². The Morgan fingerprint density at radius 2 is 1.79 bits per heavy atom. The molecule has 1 aromatic carbocycles. The predicted octanol–water partition coefficient (Wildman–Crippen LogP) is 5.09. The van der Waals surface area contributed by atoms with Crippen LogP contribution < -0.4 is 0 Å². The van der Waals surface area contributed by atoms with E-state index < -0.39 is 0 Å². The Bertz CT molecular complexity index is 951. The smallest absolute Gasteiger partial charge is 0.160 e. The van der Waals surface area contributed by atoms with Gasteiger partial charge in [0.25, 0.3) is 0 Å². The van der Waals surface area contributed by atoms with Crippen LogP contribution in [0.4, 0.5) is 0 Å². The minimum absolute atomic E-state index is 0.493. The van der Waals surface area contributed by atoms with Crippen LogP contribution in [-0.2, 0) is 0 Å². The van der Waals surface area contributed by atoms with Crippen LogP contribution in [0.5, 0.6) is 0 Å². The van der Waals surface area contributed by atoms with Crippen molar-refractivity contribution >= 4 is 11.0 Å². The van der Waals surface area contributed by atoms with Crippen LogP contribution in [0.1, 0.15) is 38.1 Å². The fraction of sp³-hybridized carbons (Fsp3) is 0.417. The van der Waals surface area contributed by atoms with Crippen LogP contribution >= 0.6 is 0 Å². The monoisotopic (exact) mass is 372 g/mol. The third-order valence-corrected chi connectivity index (χ3v) is 6.31. The Balaban J connectivity index is 1.38. The molecule has 0 amide bonds. The van der Waals surface area contributed by atoms with Crippen molar-refractivity contribution in [1.29, 1.82) is 0 Å². The number of para-hydroxylation sites is 2. The van der Waals surface area contributed by atoms with Gasteiger partial charge in [-0.2, -0.15) is 0 Å². The molecular weight excluding hydrogens is 344 g/mol. The summed E-state index contributed by atoms with van der Waals surface area (Å²) in [4.78, 5) is 12.2. The normalized spacial score (nSPS) is 21.4. The highest BCUT2D eigenvalue weighted by Crippen LogP contribution is 2.33. The van der Waals surface area contributed by atoms with E-state index in [-0.39, 0.29) is 0 Å². The molecule has 1 fully saturated rings. The number of allylic oxidation sites excluding steroid dienone is 2. The number of piperidine rings is 1. The summed E-state index contributed by atoms with van der Waals surface area (Å²) in [6.45, 7) is 3.62. The van der Waals surface area contributed by atoms with Gasteiger partial charge in [0.15, 0.2) is 5.82 Å². The standard InChI is InChI=1S/C24H28N4/c1-2-8-19(9-3-1)18-27-16-13-20(14-17-27)28-23-12-5-4-10-21(23)26-24(28)22-11-6-7-15-25-22/h1-2,4-7,10-12,15,19-20H,3,8-9,13-14,16-18H2. The Morgan fingerprint density at radius 1 is 0.929 bits per heavy atom. The quantitative estimate of drug-likeness (QED) is 0.598. The Labute approximate surface area is 166 Å². The molecule has 0 N–H and O–H groups in total. The van der Waals surface area contributed by atoms with Gasteiger partial charge < -0.3 is 9.47 Å². The van der Waals surface area contributed by atoms with E-state index in [2.05, 4.69) is 56.9 Å². The van der Waals surface area contributed by atoms with Crippen LogP contribution in [0.25, 0.3) is 22.6 Å². The highest BCUT2D eigenvalue weighted by atomic mass is 15.2. The highest BCUT2D eigenvalue weighted by Gasteiger charge is 2.26. The maximum absolute atomic E-state index is 4.95. The van der Waals surface area contributed by atoms with E-state index in [4.69, 9.17) is 4.98 Å². The van der Waals surface area contributed by atoms with E-state index in [1.807, 2.05) is 18.3 Å². The average molecular weight is 373 g/mol. The average Bonchev–Trinajstić information content (AvgIpc) is 3.15. The van der Waals surface area contributed by atoms with Crippen LogP contribution in [0.15, 0.2) is 60.8 Å². The molecule has 0 bridgehead atoms. The van der Waals surface area contributed by atoms with Crippen molar-refractivity contribution in [1.82, 2.24) is 19.4 Å². The van der Waals surface area contributed by atoms with Gasteiger partial charge in [0.05, 0.1) is 11.0 Å². The zero-order valence-electron chi connectivity index (χ0n) is 16.4. The Kier molecular flexibility index (Phi) is 4.96. The van der Waals surface area contributed by atoms with Crippen molar-refractivity contribution in [2.24, 2.45) is 5.92 Å². The van der Waals surface area contributed by atoms with E-state index in [0.29, 0.717) is 6.04 Å². The molecule has 0 spiro atoms. The SMILES string of the molecule is C1=CCC(CN2CCC(n3c(-c4ccccn4)nc4ccccc43)CC2)CC1. The van der Waals surface area contributed by atoms with E-state index in [9.17, 15) is 0 Å². The molecule has 1 aliphatic carbocycles. The molecule has 3 aromatic rings. The van der Waals surface area contributed by atoms with Gasteiger partial charge in [-0.3, -0.25) is 4.98 Å².